The van der Waals surface area contributed by atoms with Crippen LogP contribution in [0.2, 0.25) is 0 Å². The number of aromatic nitrogens is 3. The van der Waals surface area contributed by atoms with Crippen LogP contribution in [0, 0.1) is 24.1 Å². The van der Waals surface area contributed by atoms with Crippen molar-refractivity contribution in [3.05, 3.63) is 63.0 Å². The molecule has 5 rings (SSSR count). The van der Waals surface area contributed by atoms with Gasteiger partial charge in [-0.25, -0.2) is 14.4 Å². The summed E-state index contributed by atoms with van der Waals surface area (Å²) in [5.74, 6) is -3.72. The highest BCUT2D eigenvalue weighted by molar-refractivity contribution is 5.88. The Morgan fingerprint density at radius 2 is 1.78 bits per heavy atom. The first-order valence-electron chi connectivity index (χ1n) is 14.5. The quantitative estimate of drug-likeness (QED) is 0.347. The number of alkyl halides is 2. The fourth-order valence-corrected chi connectivity index (χ4v) is 5.67. The summed E-state index contributed by atoms with van der Waals surface area (Å²) in [5, 5.41) is 13.7. The van der Waals surface area contributed by atoms with E-state index < -0.39 is 35.4 Å². The summed E-state index contributed by atoms with van der Waals surface area (Å²) in [4.78, 5) is 22.9. The Hall–Kier alpha value is -3.45. The molecule has 1 aromatic carbocycles. The van der Waals surface area contributed by atoms with Gasteiger partial charge < -0.3 is 10.1 Å². The zero-order chi connectivity index (χ0) is 29.2. The first-order chi connectivity index (χ1) is 19.7. The predicted molar refractivity (Wildman–Crippen MR) is 151 cm³/mol. The van der Waals surface area contributed by atoms with Gasteiger partial charge in [0.2, 0.25) is 0 Å². The third kappa shape index (κ3) is 5.96. The molecule has 2 aromatic heterocycles. The fourth-order valence-electron chi connectivity index (χ4n) is 5.67. The van der Waals surface area contributed by atoms with Gasteiger partial charge in [0.1, 0.15) is 29.7 Å². The second-order valence-electron chi connectivity index (χ2n) is 11.4. The van der Waals surface area contributed by atoms with E-state index >= 15 is 13.2 Å². The molecule has 0 radical (unpaired) electrons. The summed E-state index contributed by atoms with van der Waals surface area (Å²) >= 11 is 0. The molecule has 0 saturated heterocycles. The van der Waals surface area contributed by atoms with E-state index in [2.05, 4.69) is 21.4 Å². The monoisotopic (exact) mass is 567 g/mol. The van der Waals surface area contributed by atoms with E-state index in [1.54, 1.807) is 24.5 Å². The smallest absolute Gasteiger partial charge is 0.298 e. The van der Waals surface area contributed by atoms with Crippen LogP contribution in [-0.2, 0) is 22.6 Å². The van der Waals surface area contributed by atoms with Crippen molar-refractivity contribution in [3.8, 4) is 6.07 Å². The molecule has 0 spiro atoms. The van der Waals surface area contributed by atoms with Crippen molar-refractivity contribution < 1.29 is 17.9 Å². The summed E-state index contributed by atoms with van der Waals surface area (Å²) < 4.78 is 52.6. The van der Waals surface area contributed by atoms with Gasteiger partial charge in [0.15, 0.2) is 0 Å². The van der Waals surface area contributed by atoms with Crippen molar-refractivity contribution in [1.82, 2.24) is 14.5 Å². The minimum atomic E-state index is -3.49. The van der Waals surface area contributed by atoms with Gasteiger partial charge in [-0.3, -0.25) is 9.36 Å². The lowest BCUT2D eigenvalue weighted by Gasteiger charge is -2.22. The first kappa shape index (κ1) is 29.1. The Morgan fingerprint density at radius 1 is 1.07 bits per heavy atom. The SMILES string of the molecule is Cc1nc2c3cc(C4(C#N)CC4)c(=O)n(c3n1)CCCCCCCCCOCC(F)(F)c1cccc(c1F)[C@@H](C)N2. The Balaban J connectivity index is 1.61. The number of pyridine rings is 1. The Labute approximate surface area is 237 Å². The number of hydrogen-bond acceptors (Lipinski definition) is 6. The van der Waals surface area contributed by atoms with Crippen molar-refractivity contribution in [3.63, 3.8) is 0 Å². The molecule has 1 aliphatic heterocycles. The van der Waals surface area contributed by atoms with Crippen LogP contribution < -0.4 is 10.9 Å². The molecule has 2 aliphatic rings. The highest BCUT2D eigenvalue weighted by Crippen LogP contribution is 2.47. The number of rotatable bonds is 1. The Kier molecular flexibility index (Phi) is 8.37. The van der Waals surface area contributed by atoms with Crippen LogP contribution in [0.5, 0.6) is 0 Å². The second-order valence-corrected chi connectivity index (χ2v) is 11.4. The summed E-state index contributed by atoms with van der Waals surface area (Å²) in [6.45, 7) is 3.15. The van der Waals surface area contributed by atoms with E-state index in [-0.39, 0.29) is 17.7 Å². The number of ether oxygens (including phenoxy) is 1. The third-order valence-electron chi connectivity index (χ3n) is 8.23. The number of nitriles is 1. The minimum Gasteiger partial charge on any atom is -0.375 e. The maximum Gasteiger partial charge on any atom is 0.298 e. The largest absolute Gasteiger partial charge is 0.375 e. The van der Waals surface area contributed by atoms with Crippen LogP contribution in [0.3, 0.4) is 0 Å². The molecule has 7 nitrogen and oxygen atoms in total. The molecular weight excluding hydrogens is 531 g/mol. The van der Waals surface area contributed by atoms with E-state index in [0.29, 0.717) is 54.0 Å². The lowest BCUT2D eigenvalue weighted by molar-refractivity contribution is -0.0853. The zero-order valence-electron chi connectivity index (χ0n) is 23.6. The average molecular weight is 568 g/mol. The van der Waals surface area contributed by atoms with Crippen LogP contribution in [0.4, 0.5) is 19.0 Å². The average Bonchev–Trinajstić information content (AvgIpc) is 3.73. The number of nitrogens with zero attached hydrogens (tertiary/aromatic N) is 4. The highest BCUT2D eigenvalue weighted by Gasteiger charge is 2.47. The molecule has 218 valence electrons. The molecule has 0 amide bonds. The number of halogens is 3. The molecule has 0 unspecified atom stereocenters. The van der Waals surface area contributed by atoms with Crippen LogP contribution in [0.15, 0.2) is 29.1 Å². The highest BCUT2D eigenvalue weighted by atomic mass is 19.3. The third-order valence-corrected chi connectivity index (χ3v) is 8.23. The standard InChI is InChI=1S/C31H36F3N5O2/c1-20-22-11-10-12-24(26(22)32)31(33,34)19-41-16-9-7-5-3-4-6-8-15-39-28-23(27(36-20)37-21(2)38-28)17-25(29(39)40)30(18-35)13-14-30/h10-12,17,20H,3-9,13-16,19H2,1-2H3,(H,36,37,38)/t20-/m1/s1. The molecule has 10 heteroatoms. The van der Waals surface area contributed by atoms with Crippen LogP contribution in [0.1, 0.15) is 93.3 Å². The molecule has 1 N–H and O–H groups in total. The summed E-state index contributed by atoms with van der Waals surface area (Å²) in [6.07, 6.45) is 7.36. The van der Waals surface area contributed by atoms with Crippen molar-refractivity contribution in [2.45, 2.75) is 95.6 Å². The Bertz CT molecular complexity index is 1530. The van der Waals surface area contributed by atoms with Crippen LogP contribution >= 0.6 is 0 Å². The number of anilines is 1. The van der Waals surface area contributed by atoms with Gasteiger partial charge in [-0.15, -0.1) is 0 Å². The van der Waals surface area contributed by atoms with E-state index in [9.17, 15) is 10.1 Å². The van der Waals surface area contributed by atoms with Crippen molar-refractivity contribution in [2.24, 2.45) is 0 Å². The first-order valence-corrected chi connectivity index (χ1v) is 14.5. The molecule has 1 saturated carbocycles. The molecule has 1 fully saturated rings. The van der Waals surface area contributed by atoms with Gasteiger partial charge in [0.25, 0.3) is 11.5 Å². The van der Waals surface area contributed by atoms with Crippen LogP contribution in [-0.4, -0.2) is 27.7 Å². The molecule has 3 heterocycles. The normalized spacial score (nSPS) is 21.4. The van der Waals surface area contributed by atoms with E-state index in [1.807, 2.05) is 0 Å². The molecule has 41 heavy (non-hydrogen) atoms. The lowest BCUT2D eigenvalue weighted by Crippen LogP contribution is -2.29. The maximum absolute atomic E-state index is 15.6. The molecule has 6 bridgehead atoms. The lowest BCUT2D eigenvalue weighted by atomic mass is 9.97. The molecule has 1 aliphatic carbocycles. The van der Waals surface area contributed by atoms with E-state index in [4.69, 9.17) is 4.74 Å². The van der Waals surface area contributed by atoms with Gasteiger partial charge in [0, 0.05) is 24.3 Å². The number of hydrogen-bond donors (Lipinski definition) is 1. The van der Waals surface area contributed by atoms with Crippen molar-refractivity contribution >= 4 is 16.9 Å². The second kappa shape index (κ2) is 11.8. The summed E-state index contributed by atoms with van der Waals surface area (Å²) in [6, 6.07) is 7.25. The molecule has 3 aromatic rings. The number of aryl methyl sites for hydroxylation is 2. The van der Waals surface area contributed by atoms with Crippen LogP contribution in [0.25, 0.3) is 11.0 Å². The summed E-state index contributed by atoms with van der Waals surface area (Å²) in [5.41, 5.74) is -0.838. The van der Waals surface area contributed by atoms with Gasteiger partial charge in [-0.2, -0.15) is 14.0 Å². The minimum absolute atomic E-state index is 0.0571. The topological polar surface area (TPSA) is 92.8 Å². The fraction of sp³-hybridized carbons (Fsp3) is 0.548. The molecule has 1 atom stereocenters. The molecular formula is C31H36F3N5O2. The van der Waals surface area contributed by atoms with Gasteiger partial charge in [-0.1, -0.05) is 44.2 Å². The summed E-state index contributed by atoms with van der Waals surface area (Å²) in [7, 11) is 0. The van der Waals surface area contributed by atoms with Crippen molar-refractivity contribution in [1.29, 1.82) is 5.26 Å². The van der Waals surface area contributed by atoms with Crippen molar-refractivity contribution in [2.75, 3.05) is 18.5 Å². The number of benzene rings is 1. The van der Waals surface area contributed by atoms with Gasteiger partial charge >= 0.3 is 0 Å². The van der Waals surface area contributed by atoms with E-state index in [1.165, 1.54) is 12.1 Å². The van der Waals surface area contributed by atoms with Gasteiger partial charge in [-0.05, 0) is 51.7 Å². The predicted octanol–water partition coefficient (Wildman–Crippen LogP) is 6.82. The van der Waals surface area contributed by atoms with Gasteiger partial charge in [0.05, 0.1) is 28.5 Å². The maximum atomic E-state index is 15.6. The number of nitrogens with one attached hydrogen (secondary N) is 1. The number of fused-ring (bicyclic) bond motifs is 2. The van der Waals surface area contributed by atoms with E-state index in [0.717, 1.165) is 44.6 Å². The zero-order valence-corrected chi connectivity index (χ0v) is 23.6. The Morgan fingerprint density at radius 3 is 2.49 bits per heavy atom.